The number of carbonyl (C=O) groups is 2. The Labute approximate surface area is 178 Å². The summed E-state index contributed by atoms with van der Waals surface area (Å²) in [6.07, 6.45) is 1.66. The molecular formula is C22H22BrN3O3. The van der Waals surface area contributed by atoms with Gasteiger partial charge >= 0.3 is 5.97 Å². The molecule has 0 radical (unpaired) electrons. The zero-order valence-corrected chi connectivity index (χ0v) is 17.8. The maximum absolute atomic E-state index is 12.3. The van der Waals surface area contributed by atoms with E-state index in [4.69, 9.17) is 4.74 Å². The van der Waals surface area contributed by atoms with E-state index in [0.717, 1.165) is 10.0 Å². The fourth-order valence-electron chi connectivity index (χ4n) is 2.24. The van der Waals surface area contributed by atoms with Crippen molar-refractivity contribution < 1.29 is 14.3 Å². The standard InChI is InChI=1S/C20H16BrN3O3.C2H6/c21-15-9-10-16(22-11-15)12-23-19(25)17-7-4-8-18(24-17)20(26)27-13-14-5-2-1-3-6-14;1-2/h1-11H,12-13H2,(H,23,25);1-2H3. The first-order valence-electron chi connectivity index (χ1n) is 9.18. The van der Waals surface area contributed by atoms with Gasteiger partial charge in [-0.3, -0.25) is 9.78 Å². The summed E-state index contributed by atoms with van der Waals surface area (Å²) in [5.74, 6) is -0.972. The highest BCUT2D eigenvalue weighted by atomic mass is 79.9. The molecule has 150 valence electrons. The van der Waals surface area contributed by atoms with Gasteiger partial charge in [-0.25, -0.2) is 9.78 Å². The van der Waals surface area contributed by atoms with E-state index in [9.17, 15) is 9.59 Å². The Bertz CT molecular complexity index is 932. The Hall–Kier alpha value is -3.06. The molecule has 0 atom stereocenters. The predicted octanol–water partition coefficient (Wildman–Crippen LogP) is 4.55. The average Bonchev–Trinajstić information content (AvgIpc) is 2.79. The van der Waals surface area contributed by atoms with Crippen molar-refractivity contribution in [2.45, 2.75) is 27.0 Å². The summed E-state index contributed by atoms with van der Waals surface area (Å²) >= 11 is 3.31. The van der Waals surface area contributed by atoms with Crippen LogP contribution in [0.2, 0.25) is 0 Å². The Morgan fingerprint density at radius 2 is 1.69 bits per heavy atom. The van der Waals surface area contributed by atoms with E-state index in [2.05, 4.69) is 31.2 Å². The minimum Gasteiger partial charge on any atom is -0.456 e. The third kappa shape index (κ3) is 7.12. The van der Waals surface area contributed by atoms with Gasteiger partial charge in [0.25, 0.3) is 5.91 Å². The first-order chi connectivity index (χ1) is 14.1. The highest BCUT2D eigenvalue weighted by Crippen LogP contribution is 2.08. The van der Waals surface area contributed by atoms with E-state index < -0.39 is 11.9 Å². The SMILES string of the molecule is CC.O=C(NCc1ccc(Br)cn1)c1cccc(C(=O)OCc2ccccc2)n1. The lowest BCUT2D eigenvalue weighted by Gasteiger charge is -2.07. The molecule has 0 aliphatic rings. The number of aromatic nitrogens is 2. The van der Waals surface area contributed by atoms with Gasteiger partial charge in [-0.05, 0) is 45.8 Å². The van der Waals surface area contributed by atoms with Crippen LogP contribution in [0.1, 0.15) is 46.1 Å². The molecule has 2 aromatic heterocycles. The second-order valence-electron chi connectivity index (χ2n) is 5.62. The molecule has 0 spiro atoms. The normalized spacial score (nSPS) is 9.76. The molecule has 3 aromatic rings. The molecule has 1 N–H and O–H groups in total. The number of pyridine rings is 2. The largest absolute Gasteiger partial charge is 0.456 e. The number of nitrogens with zero attached hydrogens (tertiary/aromatic N) is 2. The smallest absolute Gasteiger partial charge is 0.357 e. The maximum atomic E-state index is 12.3. The van der Waals surface area contributed by atoms with Crippen LogP contribution in [-0.2, 0) is 17.9 Å². The first kappa shape index (κ1) is 22.2. The van der Waals surface area contributed by atoms with Crippen LogP contribution in [0.15, 0.2) is 71.3 Å². The number of esters is 1. The lowest BCUT2D eigenvalue weighted by molar-refractivity contribution is 0.0465. The van der Waals surface area contributed by atoms with E-state index >= 15 is 0 Å². The second-order valence-corrected chi connectivity index (χ2v) is 6.54. The molecule has 0 saturated heterocycles. The number of ether oxygens (including phenoxy) is 1. The van der Waals surface area contributed by atoms with E-state index in [0.29, 0.717) is 5.69 Å². The fraction of sp³-hybridized carbons (Fsp3) is 0.182. The zero-order valence-electron chi connectivity index (χ0n) is 16.3. The highest BCUT2D eigenvalue weighted by molar-refractivity contribution is 9.10. The van der Waals surface area contributed by atoms with E-state index in [-0.39, 0.29) is 24.5 Å². The van der Waals surface area contributed by atoms with Gasteiger partial charge in [-0.2, -0.15) is 0 Å². The average molecular weight is 456 g/mol. The quantitative estimate of drug-likeness (QED) is 0.551. The van der Waals surface area contributed by atoms with Gasteiger partial charge in [0.15, 0.2) is 0 Å². The van der Waals surface area contributed by atoms with Gasteiger partial charge in [-0.15, -0.1) is 0 Å². The zero-order chi connectivity index (χ0) is 21.1. The minimum absolute atomic E-state index is 0.0837. The predicted molar refractivity (Wildman–Crippen MR) is 114 cm³/mol. The Kier molecular flexibility index (Phi) is 8.98. The van der Waals surface area contributed by atoms with E-state index in [1.807, 2.05) is 50.2 Å². The van der Waals surface area contributed by atoms with Gasteiger partial charge in [-0.1, -0.05) is 50.2 Å². The number of carbonyl (C=O) groups excluding carboxylic acids is 2. The minimum atomic E-state index is -0.580. The lowest BCUT2D eigenvalue weighted by Crippen LogP contribution is -2.25. The molecular weight excluding hydrogens is 434 g/mol. The summed E-state index contributed by atoms with van der Waals surface area (Å²) < 4.78 is 6.10. The number of rotatable bonds is 6. The van der Waals surface area contributed by atoms with Crippen LogP contribution in [0.25, 0.3) is 0 Å². The van der Waals surface area contributed by atoms with Crippen LogP contribution in [0, 0.1) is 0 Å². The lowest BCUT2D eigenvalue weighted by atomic mass is 10.2. The van der Waals surface area contributed by atoms with Crippen LogP contribution in [0.4, 0.5) is 0 Å². The number of nitrogens with one attached hydrogen (secondary N) is 1. The second kappa shape index (κ2) is 11.7. The molecule has 0 aliphatic heterocycles. The number of halogens is 1. The maximum Gasteiger partial charge on any atom is 0.357 e. The number of hydrogen-bond acceptors (Lipinski definition) is 5. The molecule has 7 heteroatoms. The Morgan fingerprint density at radius 3 is 2.38 bits per heavy atom. The van der Waals surface area contributed by atoms with Crippen molar-refractivity contribution in [3.05, 3.63) is 94.0 Å². The molecule has 29 heavy (non-hydrogen) atoms. The topological polar surface area (TPSA) is 81.2 Å². The number of benzene rings is 1. The summed E-state index contributed by atoms with van der Waals surface area (Å²) in [5, 5.41) is 2.73. The molecule has 0 aliphatic carbocycles. The molecule has 3 rings (SSSR count). The van der Waals surface area contributed by atoms with Crippen molar-refractivity contribution >= 4 is 27.8 Å². The van der Waals surface area contributed by atoms with E-state index in [1.54, 1.807) is 18.3 Å². The summed E-state index contributed by atoms with van der Waals surface area (Å²) in [7, 11) is 0. The van der Waals surface area contributed by atoms with Gasteiger partial charge in [0.2, 0.25) is 0 Å². The van der Waals surface area contributed by atoms with Crippen LogP contribution in [0.3, 0.4) is 0 Å². The molecule has 6 nitrogen and oxygen atoms in total. The third-order valence-electron chi connectivity index (χ3n) is 3.62. The van der Waals surface area contributed by atoms with Gasteiger partial charge < -0.3 is 10.1 Å². The number of hydrogen-bond donors (Lipinski definition) is 1. The van der Waals surface area contributed by atoms with Crippen LogP contribution in [0.5, 0.6) is 0 Å². The summed E-state index contributed by atoms with van der Waals surface area (Å²) in [4.78, 5) is 32.7. The van der Waals surface area contributed by atoms with Crippen LogP contribution >= 0.6 is 15.9 Å². The summed E-state index contributed by atoms with van der Waals surface area (Å²) in [6.45, 7) is 4.41. The summed E-state index contributed by atoms with van der Waals surface area (Å²) in [6, 6.07) is 17.6. The monoisotopic (exact) mass is 455 g/mol. The number of amides is 1. The summed E-state index contributed by atoms with van der Waals surface area (Å²) in [5.41, 5.74) is 1.81. The van der Waals surface area contributed by atoms with Gasteiger partial charge in [0.05, 0.1) is 12.2 Å². The van der Waals surface area contributed by atoms with Gasteiger partial charge in [0.1, 0.15) is 18.0 Å². The van der Waals surface area contributed by atoms with Gasteiger partial charge in [0, 0.05) is 10.7 Å². The molecule has 1 aromatic carbocycles. The third-order valence-corrected chi connectivity index (χ3v) is 4.09. The molecule has 0 bridgehead atoms. The van der Waals surface area contributed by atoms with Crippen molar-refractivity contribution in [3.8, 4) is 0 Å². The first-order valence-corrected chi connectivity index (χ1v) is 9.98. The Morgan fingerprint density at radius 1 is 0.966 bits per heavy atom. The van der Waals surface area contributed by atoms with Crippen molar-refractivity contribution in [1.82, 2.24) is 15.3 Å². The van der Waals surface area contributed by atoms with Crippen molar-refractivity contribution in [3.63, 3.8) is 0 Å². The van der Waals surface area contributed by atoms with Crippen molar-refractivity contribution in [1.29, 1.82) is 0 Å². The van der Waals surface area contributed by atoms with Crippen LogP contribution in [-0.4, -0.2) is 21.8 Å². The molecule has 1 amide bonds. The molecule has 0 saturated carbocycles. The Balaban J connectivity index is 0.00000145. The van der Waals surface area contributed by atoms with Crippen LogP contribution < -0.4 is 5.32 Å². The van der Waals surface area contributed by atoms with Crippen molar-refractivity contribution in [2.75, 3.05) is 0 Å². The highest BCUT2D eigenvalue weighted by Gasteiger charge is 2.13. The van der Waals surface area contributed by atoms with Crippen molar-refractivity contribution in [2.24, 2.45) is 0 Å². The molecule has 0 fully saturated rings. The fourth-order valence-corrected chi connectivity index (χ4v) is 2.48. The molecule has 2 heterocycles. The van der Waals surface area contributed by atoms with E-state index in [1.165, 1.54) is 12.1 Å². The molecule has 0 unspecified atom stereocenters.